The van der Waals surface area contributed by atoms with Gasteiger partial charge in [-0.1, -0.05) is 74.2 Å². The third-order valence-electron chi connectivity index (χ3n) is 4.88. The minimum Gasteiger partial charge on any atom is -0.411 e. The molecule has 1 aromatic carbocycles. The maximum absolute atomic E-state index is 4.98. The van der Waals surface area contributed by atoms with Crippen LogP contribution in [0.4, 0.5) is 0 Å². The zero-order valence-electron chi connectivity index (χ0n) is 21.5. The maximum Gasteiger partial charge on any atom is 2.00 e. The quantitative estimate of drug-likeness (QED) is 0.138. The van der Waals surface area contributed by atoms with E-state index in [1.165, 1.54) is 56.1 Å². The standard InChI is InChI=1S/2C9H19NS2.C7H5NS.Zn/c2*1-3-5-7-10(9(11)12)8-6-4-2;1-2-4-7-6(3-1)8-5-9-7;/h2*3-8H2,1-2H3,(H,11,12);1-5H;/q;;;+2/p-2. The molecular formula is C25H41N3S5Zn. The summed E-state index contributed by atoms with van der Waals surface area (Å²) >= 11 is 21.6. The average Bonchev–Trinajstić information content (AvgIpc) is 3.28. The summed E-state index contributed by atoms with van der Waals surface area (Å²) in [5.74, 6) is 0. The van der Waals surface area contributed by atoms with Crippen LogP contribution < -0.4 is 0 Å². The molecule has 2 aromatic rings. The van der Waals surface area contributed by atoms with Crippen molar-refractivity contribution in [1.82, 2.24) is 14.8 Å². The first-order valence-corrected chi connectivity index (χ1v) is 14.6. The summed E-state index contributed by atoms with van der Waals surface area (Å²) in [4.78, 5) is 8.41. The molecule has 34 heavy (non-hydrogen) atoms. The van der Waals surface area contributed by atoms with Crippen LogP contribution >= 0.6 is 35.8 Å². The molecule has 0 spiro atoms. The second-order valence-electron chi connectivity index (χ2n) is 7.74. The van der Waals surface area contributed by atoms with Gasteiger partial charge in [0.15, 0.2) is 0 Å². The van der Waals surface area contributed by atoms with Crippen LogP contribution in [0, 0.1) is 0 Å². The Kier molecular flexibility index (Phi) is 26.2. The van der Waals surface area contributed by atoms with Crippen molar-refractivity contribution in [3.63, 3.8) is 0 Å². The molecule has 0 bridgehead atoms. The average molecular weight is 609 g/mol. The predicted octanol–water partition coefficient (Wildman–Crippen LogP) is 7.73. The third kappa shape index (κ3) is 18.3. The second kappa shape index (κ2) is 24.6. The SMILES string of the molecule is CCCCN(CCCC)C(=S)[S-].CCCCN(CCCC)C(=S)[S-].[Zn+2].c1ccc2scnc2c1. The Morgan fingerprint density at radius 2 is 1.15 bits per heavy atom. The first-order valence-electron chi connectivity index (χ1n) is 12.1. The number of hydrogen-bond acceptors (Lipinski definition) is 6. The Labute approximate surface area is 247 Å². The first-order chi connectivity index (χ1) is 15.9. The number of unbranched alkanes of at least 4 members (excludes halogenated alkanes) is 4. The normalized spacial score (nSPS) is 9.65. The van der Waals surface area contributed by atoms with Crippen LogP contribution in [0.3, 0.4) is 0 Å². The number of aromatic nitrogens is 1. The van der Waals surface area contributed by atoms with Crippen molar-refractivity contribution in [1.29, 1.82) is 0 Å². The monoisotopic (exact) mass is 607 g/mol. The van der Waals surface area contributed by atoms with Crippen LogP contribution in [0.25, 0.3) is 10.2 Å². The van der Waals surface area contributed by atoms with Crippen LogP contribution in [0.1, 0.15) is 79.1 Å². The number of nitrogens with zero attached hydrogens (tertiary/aromatic N) is 3. The van der Waals surface area contributed by atoms with Gasteiger partial charge in [-0.3, -0.25) is 0 Å². The second-order valence-corrected chi connectivity index (χ2v) is 10.7. The molecule has 0 saturated carbocycles. The smallest absolute Gasteiger partial charge is 0.411 e. The molecule has 0 aliphatic carbocycles. The fraction of sp³-hybridized carbons (Fsp3) is 0.640. The van der Waals surface area contributed by atoms with Crippen molar-refractivity contribution in [2.75, 3.05) is 26.2 Å². The number of hydrogen-bond donors (Lipinski definition) is 0. The van der Waals surface area contributed by atoms with Crippen molar-refractivity contribution in [2.24, 2.45) is 0 Å². The molecule has 0 saturated heterocycles. The molecule has 0 amide bonds. The molecule has 3 nitrogen and oxygen atoms in total. The van der Waals surface area contributed by atoms with Gasteiger partial charge >= 0.3 is 19.5 Å². The first kappa shape index (κ1) is 36.1. The number of thiocarbonyl (C=S) groups is 2. The Bertz CT molecular complexity index is 681. The maximum atomic E-state index is 4.98. The molecule has 0 atom stereocenters. The summed E-state index contributed by atoms with van der Waals surface area (Å²) < 4.78 is 2.53. The van der Waals surface area contributed by atoms with Crippen molar-refractivity contribution >= 4 is 79.9 Å². The van der Waals surface area contributed by atoms with E-state index in [4.69, 9.17) is 49.7 Å². The molecule has 0 N–H and O–H groups in total. The van der Waals surface area contributed by atoms with Gasteiger partial charge in [-0.25, -0.2) is 4.98 Å². The number of thiazole rings is 1. The molecular weight excluding hydrogens is 568 g/mol. The molecule has 0 aliphatic rings. The Morgan fingerprint density at radius 1 is 0.765 bits per heavy atom. The number of rotatable bonds is 12. The summed E-state index contributed by atoms with van der Waals surface area (Å²) in [6.45, 7) is 12.9. The molecule has 0 aliphatic heterocycles. The molecule has 2 rings (SSSR count). The van der Waals surface area contributed by atoms with Crippen LogP contribution in [-0.4, -0.2) is 49.6 Å². The summed E-state index contributed by atoms with van der Waals surface area (Å²) in [6, 6.07) is 8.13. The van der Waals surface area contributed by atoms with E-state index in [-0.39, 0.29) is 19.5 Å². The van der Waals surface area contributed by atoms with Gasteiger partial charge in [0.05, 0.1) is 15.7 Å². The zero-order chi connectivity index (χ0) is 24.9. The molecule has 0 fully saturated rings. The van der Waals surface area contributed by atoms with Gasteiger partial charge in [-0.05, 0) is 37.8 Å². The van der Waals surface area contributed by atoms with Gasteiger partial charge in [0.25, 0.3) is 0 Å². The van der Waals surface area contributed by atoms with Gasteiger partial charge in [0.1, 0.15) is 0 Å². The Morgan fingerprint density at radius 3 is 1.47 bits per heavy atom. The molecule has 9 heteroatoms. The fourth-order valence-electron chi connectivity index (χ4n) is 2.79. The van der Waals surface area contributed by atoms with Crippen molar-refractivity contribution in [3.8, 4) is 0 Å². The van der Waals surface area contributed by atoms with E-state index in [1.54, 1.807) is 11.3 Å². The molecule has 0 unspecified atom stereocenters. The number of fused-ring (bicyclic) bond motifs is 1. The van der Waals surface area contributed by atoms with E-state index in [1.807, 2.05) is 23.7 Å². The van der Waals surface area contributed by atoms with E-state index in [2.05, 4.69) is 48.5 Å². The summed E-state index contributed by atoms with van der Waals surface area (Å²) in [5.41, 5.74) is 2.97. The molecule has 1 heterocycles. The van der Waals surface area contributed by atoms with E-state index >= 15 is 0 Å². The van der Waals surface area contributed by atoms with E-state index in [9.17, 15) is 0 Å². The van der Waals surface area contributed by atoms with Crippen molar-refractivity contribution < 1.29 is 19.5 Å². The van der Waals surface area contributed by atoms with Gasteiger partial charge in [-0.2, -0.15) is 0 Å². The molecule has 188 valence electrons. The van der Waals surface area contributed by atoms with Crippen LogP contribution in [-0.2, 0) is 44.7 Å². The van der Waals surface area contributed by atoms with Gasteiger partial charge in [0, 0.05) is 26.2 Å². The van der Waals surface area contributed by atoms with Gasteiger partial charge in [-0.15, -0.1) is 11.3 Å². The van der Waals surface area contributed by atoms with Crippen LogP contribution in [0.5, 0.6) is 0 Å². The summed E-state index contributed by atoms with van der Waals surface area (Å²) in [6.07, 6.45) is 9.62. The minimum absolute atomic E-state index is 0. The predicted molar refractivity (Wildman–Crippen MR) is 162 cm³/mol. The van der Waals surface area contributed by atoms with Crippen molar-refractivity contribution in [3.05, 3.63) is 29.8 Å². The molecule has 0 radical (unpaired) electrons. The van der Waals surface area contributed by atoms with E-state index < -0.39 is 0 Å². The Balaban J connectivity index is 0. The Hall–Kier alpha value is -0.0466. The molecule has 1 aromatic heterocycles. The van der Waals surface area contributed by atoms with Crippen LogP contribution in [0.2, 0.25) is 0 Å². The number of para-hydroxylation sites is 1. The van der Waals surface area contributed by atoms with E-state index in [0.717, 1.165) is 31.7 Å². The third-order valence-corrected chi connectivity index (χ3v) is 6.72. The van der Waals surface area contributed by atoms with Gasteiger partial charge < -0.3 is 59.5 Å². The summed E-state index contributed by atoms with van der Waals surface area (Å²) in [5, 5.41) is 0. The minimum atomic E-state index is 0. The largest absolute Gasteiger partial charge is 2.00 e. The van der Waals surface area contributed by atoms with Crippen LogP contribution in [0.15, 0.2) is 29.8 Å². The zero-order valence-corrected chi connectivity index (χ0v) is 28.5. The van der Waals surface area contributed by atoms with Crippen molar-refractivity contribution in [2.45, 2.75) is 79.1 Å². The topological polar surface area (TPSA) is 19.4 Å². The summed E-state index contributed by atoms with van der Waals surface area (Å²) in [7, 11) is 0. The van der Waals surface area contributed by atoms with E-state index in [0.29, 0.717) is 8.64 Å². The number of benzene rings is 1. The van der Waals surface area contributed by atoms with Gasteiger partial charge in [0.2, 0.25) is 0 Å². The fourth-order valence-corrected chi connectivity index (χ4v) is 4.20.